The zero-order valence-corrected chi connectivity index (χ0v) is 15.2. The molecule has 3 N–H and O–H groups in total. The van der Waals surface area contributed by atoms with Crippen molar-refractivity contribution in [3.05, 3.63) is 53.8 Å². The highest BCUT2D eigenvalue weighted by Crippen LogP contribution is 2.26. The Morgan fingerprint density at radius 2 is 1.93 bits per heavy atom. The van der Waals surface area contributed by atoms with E-state index in [0.717, 1.165) is 6.07 Å². The van der Waals surface area contributed by atoms with Crippen molar-refractivity contribution < 1.29 is 28.2 Å². The van der Waals surface area contributed by atoms with Crippen LogP contribution in [0.2, 0.25) is 0 Å². The molecule has 27 heavy (non-hydrogen) atoms. The number of ether oxygens (including phenoxy) is 2. The summed E-state index contributed by atoms with van der Waals surface area (Å²) in [4.78, 5) is 35.5. The van der Waals surface area contributed by atoms with E-state index in [-0.39, 0.29) is 17.1 Å². The van der Waals surface area contributed by atoms with E-state index in [9.17, 15) is 18.8 Å². The number of thioether (sulfide) groups is 1. The van der Waals surface area contributed by atoms with E-state index in [2.05, 4.69) is 5.32 Å². The number of nitrogens with two attached hydrogens (primary N) is 1. The summed E-state index contributed by atoms with van der Waals surface area (Å²) in [7, 11) is 1.37. The van der Waals surface area contributed by atoms with Crippen LogP contribution >= 0.6 is 11.8 Å². The van der Waals surface area contributed by atoms with E-state index in [0.29, 0.717) is 10.6 Å². The molecule has 2 aromatic carbocycles. The summed E-state index contributed by atoms with van der Waals surface area (Å²) in [6.07, 6.45) is 0. The number of primary amides is 1. The van der Waals surface area contributed by atoms with Gasteiger partial charge in [0, 0.05) is 11.0 Å². The van der Waals surface area contributed by atoms with Crippen molar-refractivity contribution in [3.8, 4) is 5.75 Å². The average molecular weight is 392 g/mol. The quantitative estimate of drug-likeness (QED) is 0.527. The number of halogens is 1. The largest absolute Gasteiger partial charge is 0.497 e. The van der Waals surface area contributed by atoms with Crippen molar-refractivity contribution in [2.24, 2.45) is 5.73 Å². The first-order chi connectivity index (χ1) is 12.9. The molecule has 0 bridgehead atoms. The molecule has 0 aromatic heterocycles. The summed E-state index contributed by atoms with van der Waals surface area (Å²) in [5, 5.41) is 2.57. The number of methoxy groups -OCH3 is 1. The average Bonchev–Trinajstić information content (AvgIpc) is 2.65. The van der Waals surface area contributed by atoms with Crippen molar-refractivity contribution in [2.45, 2.75) is 4.90 Å². The van der Waals surface area contributed by atoms with E-state index in [4.69, 9.17) is 15.2 Å². The van der Waals surface area contributed by atoms with Gasteiger partial charge in [-0.15, -0.1) is 11.8 Å². The Hall–Kier alpha value is -3.07. The van der Waals surface area contributed by atoms with Gasteiger partial charge >= 0.3 is 5.97 Å². The van der Waals surface area contributed by atoms with Gasteiger partial charge in [-0.3, -0.25) is 9.59 Å². The maximum absolute atomic E-state index is 13.8. The van der Waals surface area contributed by atoms with Crippen LogP contribution in [-0.4, -0.2) is 37.3 Å². The molecule has 0 heterocycles. The van der Waals surface area contributed by atoms with Gasteiger partial charge in [0.25, 0.3) is 5.91 Å². The Balaban J connectivity index is 1.95. The van der Waals surface area contributed by atoms with Crippen LogP contribution in [0.25, 0.3) is 0 Å². The van der Waals surface area contributed by atoms with Crippen LogP contribution in [0, 0.1) is 5.82 Å². The van der Waals surface area contributed by atoms with Crippen LogP contribution in [0.5, 0.6) is 5.75 Å². The number of amides is 2. The molecule has 142 valence electrons. The number of nitrogens with one attached hydrogen (secondary N) is 1. The summed E-state index contributed by atoms with van der Waals surface area (Å²) in [5.74, 6) is -2.57. The molecule has 0 saturated heterocycles. The van der Waals surface area contributed by atoms with E-state index < -0.39 is 30.2 Å². The number of benzene rings is 2. The fourth-order valence-corrected chi connectivity index (χ4v) is 2.78. The standard InChI is InChI=1S/C18H17FN2O5S/c1-25-11-6-7-12(13(19)8-11)18(24)26-9-17(23)21-14-4-2-3-5-15(14)27-10-16(20)22/h2-8H,9-10H2,1H3,(H2,20,22)(H,21,23). The van der Waals surface area contributed by atoms with E-state index >= 15 is 0 Å². The van der Waals surface area contributed by atoms with Crippen molar-refractivity contribution in [1.29, 1.82) is 0 Å². The number of carbonyl (C=O) groups is 3. The fraction of sp³-hybridized carbons (Fsp3) is 0.167. The van der Waals surface area contributed by atoms with Crippen molar-refractivity contribution in [2.75, 3.05) is 24.8 Å². The molecular formula is C18H17FN2O5S. The lowest BCUT2D eigenvalue weighted by Gasteiger charge is -2.11. The number of para-hydroxylation sites is 1. The zero-order valence-electron chi connectivity index (χ0n) is 14.4. The molecule has 2 rings (SSSR count). The maximum atomic E-state index is 13.8. The molecule has 0 fully saturated rings. The first kappa shape index (κ1) is 20.2. The molecule has 0 radical (unpaired) electrons. The third-order valence-electron chi connectivity index (χ3n) is 3.26. The lowest BCUT2D eigenvalue weighted by Crippen LogP contribution is -2.21. The monoisotopic (exact) mass is 392 g/mol. The summed E-state index contributed by atoms with van der Waals surface area (Å²) in [6.45, 7) is -0.598. The van der Waals surface area contributed by atoms with Crippen LogP contribution in [-0.2, 0) is 14.3 Å². The number of anilines is 1. The summed E-state index contributed by atoms with van der Waals surface area (Å²) >= 11 is 1.17. The minimum Gasteiger partial charge on any atom is -0.497 e. The molecule has 0 aliphatic rings. The maximum Gasteiger partial charge on any atom is 0.341 e. The molecular weight excluding hydrogens is 375 g/mol. The third kappa shape index (κ3) is 6.00. The molecule has 0 aliphatic carbocycles. The van der Waals surface area contributed by atoms with Gasteiger partial charge in [0.2, 0.25) is 5.91 Å². The smallest absolute Gasteiger partial charge is 0.341 e. The Morgan fingerprint density at radius 3 is 2.59 bits per heavy atom. The van der Waals surface area contributed by atoms with E-state index in [1.165, 1.54) is 31.0 Å². The first-order valence-electron chi connectivity index (χ1n) is 7.71. The molecule has 0 aliphatic heterocycles. The molecule has 9 heteroatoms. The van der Waals surface area contributed by atoms with Crippen LogP contribution in [0.3, 0.4) is 0 Å². The second-order valence-corrected chi connectivity index (χ2v) is 6.24. The number of carbonyl (C=O) groups excluding carboxylic acids is 3. The highest BCUT2D eigenvalue weighted by Gasteiger charge is 2.16. The molecule has 2 aromatic rings. The summed E-state index contributed by atoms with van der Waals surface area (Å²) in [6, 6.07) is 10.4. The van der Waals surface area contributed by atoms with Gasteiger partial charge in [-0.05, 0) is 24.3 Å². The van der Waals surface area contributed by atoms with Crippen molar-refractivity contribution in [1.82, 2.24) is 0 Å². The Labute approximate surface area is 159 Å². The number of hydrogen-bond donors (Lipinski definition) is 2. The number of hydrogen-bond acceptors (Lipinski definition) is 6. The lowest BCUT2D eigenvalue weighted by molar-refractivity contribution is -0.119. The molecule has 0 saturated carbocycles. The topological polar surface area (TPSA) is 108 Å². The first-order valence-corrected chi connectivity index (χ1v) is 8.70. The molecule has 0 spiro atoms. The van der Waals surface area contributed by atoms with Crippen LogP contribution < -0.4 is 15.8 Å². The second kappa shape index (κ2) is 9.58. The molecule has 0 atom stereocenters. The number of esters is 1. The second-order valence-electron chi connectivity index (χ2n) is 5.22. The SMILES string of the molecule is COc1ccc(C(=O)OCC(=O)Nc2ccccc2SCC(N)=O)c(F)c1. The van der Waals surface area contributed by atoms with Gasteiger partial charge in [0.05, 0.1) is 24.1 Å². The third-order valence-corrected chi connectivity index (χ3v) is 4.36. The number of rotatable bonds is 8. The molecule has 2 amide bonds. The van der Waals surface area contributed by atoms with Gasteiger partial charge in [0.1, 0.15) is 11.6 Å². The van der Waals surface area contributed by atoms with Gasteiger partial charge in [0.15, 0.2) is 6.61 Å². The Morgan fingerprint density at radius 1 is 1.19 bits per heavy atom. The molecule has 7 nitrogen and oxygen atoms in total. The Kier molecular flexibility index (Phi) is 7.18. The van der Waals surface area contributed by atoms with Crippen LogP contribution in [0.15, 0.2) is 47.4 Å². The summed E-state index contributed by atoms with van der Waals surface area (Å²) < 4.78 is 23.5. The van der Waals surface area contributed by atoms with Gasteiger partial charge < -0.3 is 20.5 Å². The molecule has 0 unspecified atom stereocenters. The highest BCUT2D eigenvalue weighted by molar-refractivity contribution is 8.00. The highest BCUT2D eigenvalue weighted by atomic mass is 32.2. The van der Waals surface area contributed by atoms with Gasteiger partial charge in [-0.25, -0.2) is 9.18 Å². The van der Waals surface area contributed by atoms with Gasteiger partial charge in [-0.2, -0.15) is 0 Å². The van der Waals surface area contributed by atoms with Gasteiger partial charge in [-0.1, -0.05) is 12.1 Å². The Bertz CT molecular complexity index is 859. The lowest BCUT2D eigenvalue weighted by atomic mass is 10.2. The zero-order chi connectivity index (χ0) is 19.8. The summed E-state index contributed by atoms with van der Waals surface area (Å²) in [5.41, 5.74) is 5.26. The van der Waals surface area contributed by atoms with E-state index in [1.54, 1.807) is 24.3 Å². The minimum absolute atomic E-state index is 0.0542. The minimum atomic E-state index is -0.971. The van der Waals surface area contributed by atoms with Crippen molar-refractivity contribution >= 4 is 35.2 Å². The normalized spacial score (nSPS) is 10.1. The van der Waals surface area contributed by atoms with E-state index in [1.807, 2.05) is 0 Å². The van der Waals surface area contributed by atoms with Crippen molar-refractivity contribution in [3.63, 3.8) is 0 Å². The predicted octanol–water partition coefficient (Wildman–Crippen LogP) is 2.21. The predicted molar refractivity (Wildman–Crippen MR) is 98.2 cm³/mol. The van der Waals surface area contributed by atoms with Crippen LogP contribution in [0.4, 0.5) is 10.1 Å². The van der Waals surface area contributed by atoms with Crippen LogP contribution in [0.1, 0.15) is 10.4 Å². The fourth-order valence-electron chi connectivity index (χ4n) is 2.03.